The van der Waals surface area contributed by atoms with E-state index in [4.69, 9.17) is 13.9 Å². The number of nitrogens with zero attached hydrogens (tertiary/aromatic N) is 2. The smallest absolute Gasteiger partial charge is 0.338 e. The fourth-order valence-corrected chi connectivity index (χ4v) is 3.13. The van der Waals surface area contributed by atoms with Gasteiger partial charge in [0, 0.05) is 5.69 Å². The van der Waals surface area contributed by atoms with E-state index >= 15 is 0 Å². The zero-order valence-electron chi connectivity index (χ0n) is 16.6. The Kier molecular flexibility index (Phi) is 7.45. The molecule has 1 N–H and O–H groups in total. The molecule has 1 amide bonds. The van der Waals surface area contributed by atoms with Crippen LogP contribution < -0.4 is 10.1 Å². The summed E-state index contributed by atoms with van der Waals surface area (Å²) in [5.74, 6) is 0.645. The van der Waals surface area contributed by atoms with Gasteiger partial charge in [-0.25, -0.2) is 4.79 Å². The molecule has 1 heterocycles. The number of esters is 1. The van der Waals surface area contributed by atoms with E-state index in [1.54, 1.807) is 38.3 Å². The van der Waals surface area contributed by atoms with E-state index in [2.05, 4.69) is 15.5 Å². The van der Waals surface area contributed by atoms with Gasteiger partial charge in [-0.1, -0.05) is 30.0 Å². The molecule has 30 heavy (non-hydrogen) atoms. The lowest BCUT2D eigenvalue weighted by Crippen LogP contribution is -2.14. The van der Waals surface area contributed by atoms with Crippen LogP contribution in [0.5, 0.6) is 5.75 Å². The molecule has 9 heteroatoms. The molecule has 3 aromatic rings. The van der Waals surface area contributed by atoms with Crippen molar-refractivity contribution in [3.63, 3.8) is 0 Å². The molecule has 0 fully saturated rings. The van der Waals surface area contributed by atoms with Crippen molar-refractivity contribution in [3.8, 4) is 5.75 Å². The molecule has 0 unspecified atom stereocenters. The molecule has 0 atom stereocenters. The lowest BCUT2D eigenvalue weighted by Gasteiger charge is -2.06. The Labute approximate surface area is 178 Å². The Morgan fingerprint density at radius 2 is 1.93 bits per heavy atom. The van der Waals surface area contributed by atoms with E-state index in [0.29, 0.717) is 28.8 Å². The Morgan fingerprint density at radius 1 is 1.13 bits per heavy atom. The van der Waals surface area contributed by atoms with Crippen LogP contribution in [0.3, 0.4) is 0 Å². The second kappa shape index (κ2) is 10.4. The van der Waals surface area contributed by atoms with Gasteiger partial charge in [-0.2, -0.15) is 0 Å². The second-order valence-electron chi connectivity index (χ2n) is 6.12. The number of aromatic nitrogens is 2. The van der Waals surface area contributed by atoms with E-state index in [9.17, 15) is 9.59 Å². The van der Waals surface area contributed by atoms with E-state index in [-0.39, 0.29) is 18.3 Å². The maximum Gasteiger partial charge on any atom is 0.338 e. The third-order valence-corrected chi connectivity index (χ3v) is 4.77. The van der Waals surface area contributed by atoms with E-state index in [1.807, 2.05) is 24.3 Å². The van der Waals surface area contributed by atoms with E-state index in [1.165, 1.54) is 0 Å². The molecular weight excluding hydrogens is 406 g/mol. The number of nitrogens with one attached hydrogen (secondary N) is 1. The number of amides is 1. The predicted octanol–water partition coefficient (Wildman–Crippen LogP) is 3.58. The van der Waals surface area contributed by atoms with Gasteiger partial charge in [0.25, 0.3) is 5.22 Å². The SMILES string of the molecule is CCOC(=O)c1cccc(NC(=O)CSc2nnc(Cc3ccc(OC)cc3)o2)c1. The van der Waals surface area contributed by atoms with Gasteiger partial charge < -0.3 is 19.2 Å². The van der Waals surface area contributed by atoms with Crippen molar-refractivity contribution in [2.24, 2.45) is 0 Å². The highest BCUT2D eigenvalue weighted by Crippen LogP contribution is 2.20. The second-order valence-corrected chi connectivity index (χ2v) is 7.05. The van der Waals surface area contributed by atoms with Gasteiger partial charge in [0.05, 0.1) is 31.5 Å². The molecule has 1 aromatic heterocycles. The van der Waals surface area contributed by atoms with Gasteiger partial charge in [0.15, 0.2) is 0 Å². The Bertz CT molecular complexity index is 1000. The Balaban J connectivity index is 1.50. The van der Waals surface area contributed by atoms with Crippen molar-refractivity contribution >= 4 is 29.3 Å². The monoisotopic (exact) mass is 427 g/mol. The molecule has 0 bridgehead atoms. The summed E-state index contributed by atoms with van der Waals surface area (Å²) in [6.45, 7) is 2.03. The highest BCUT2D eigenvalue weighted by molar-refractivity contribution is 7.99. The summed E-state index contributed by atoms with van der Waals surface area (Å²) in [6, 6.07) is 14.2. The standard InChI is InChI=1S/C21H21N3O5S/c1-3-28-20(26)15-5-4-6-16(12-15)22-18(25)13-30-21-24-23-19(29-21)11-14-7-9-17(27-2)10-8-14/h4-10,12H,3,11,13H2,1-2H3,(H,22,25). The van der Waals surface area contributed by atoms with Gasteiger partial charge in [-0.05, 0) is 42.8 Å². The van der Waals surface area contributed by atoms with Gasteiger partial charge >= 0.3 is 5.97 Å². The lowest BCUT2D eigenvalue weighted by molar-refractivity contribution is -0.113. The number of rotatable bonds is 9. The van der Waals surface area contributed by atoms with Gasteiger partial charge in [-0.3, -0.25) is 4.79 Å². The number of carbonyl (C=O) groups is 2. The maximum absolute atomic E-state index is 12.2. The highest BCUT2D eigenvalue weighted by atomic mass is 32.2. The van der Waals surface area contributed by atoms with E-state index in [0.717, 1.165) is 23.1 Å². The quantitative estimate of drug-likeness (QED) is 0.408. The third-order valence-electron chi connectivity index (χ3n) is 3.95. The molecular formula is C21H21N3O5S. The van der Waals surface area contributed by atoms with Gasteiger partial charge in [-0.15, -0.1) is 10.2 Å². The molecule has 156 valence electrons. The van der Waals surface area contributed by atoms with Crippen molar-refractivity contribution < 1.29 is 23.5 Å². The minimum Gasteiger partial charge on any atom is -0.497 e. The van der Waals surface area contributed by atoms with Crippen LogP contribution in [0, 0.1) is 0 Å². The molecule has 2 aromatic carbocycles. The Hall–Kier alpha value is -3.33. The van der Waals surface area contributed by atoms with Gasteiger partial charge in [0.1, 0.15) is 5.75 Å². The van der Waals surface area contributed by atoms with Crippen LogP contribution in [0.2, 0.25) is 0 Å². The molecule has 0 aliphatic rings. The number of hydrogen-bond donors (Lipinski definition) is 1. The first kappa shape index (κ1) is 21.4. The summed E-state index contributed by atoms with van der Waals surface area (Å²) in [4.78, 5) is 24.0. The first-order valence-electron chi connectivity index (χ1n) is 9.22. The lowest BCUT2D eigenvalue weighted by atomic mass is 10.1. The minimum absolute atomic E-state index is 0.0911. The van der Waals surface area contributed by atoms with Crippen molar-refractivity contribution in [3.05, 3.63) is 65.5 Å². The van der Waals surface area contributed by atoms with Crippen LogP contribution in [0.25, 0.3) is 0 Å². The van der Waals surface area contributed by atoms with Crippen LogP contribution in [0.15, 0.2) is 58.2 Å². The van der Waals surface area contributed by atoms with Crippen molar-refractivity contribution in [1.82, 2.24) is 10.2 Å². The molecule has 0 aliphatic heterocycles. The van der Waals surface area contributed by atoms with Crippen LogP contribution in [0.1, 0.15) is 28.7 Å². The zero-order valence-corrected chi connectivity index (χ0v) is 17.4. The fraction of sp³-hybridized carbons (Fsp3) is 0.238. The fourth-order valence-electron chi connectivity index (χ4n) is 2.55. The molecule has 3 rings (SSSR count). The number of anilines is 1. The molecule has 0 saturated carbocycles. The summed E-state index contributed by atoms with van der Waals surface area (Å²) < 4.78 is 15.7. The zero-order chi connectivity index (χ0) is 21.3. The van der Waals surface area contributed by atoms with E-state index < -0.39 is 5.97 Å². The highest BCUT2D eigenvalue weighted by Gasteiger charge is 2.12. The van der Waals surface area contributed by atoms with Crippen molar-refractivity contribution in [2.75, 3.05) is 24.8 Å². The topological polar surface area (TPSA) is 104 Å². The summed E-state index contributed by atoms with van der Waals surface area (Å²) in [7, 11) is 1.61. The first-order valence-corrected chi connectivity index (χ1v) is 10.2. The van der Waals surface area contributed by atoms with Crippen LogP contribution in [-0.4, -0.2) is 41.5 Å². The summed E-state index contributed by atoms with van der Waals surface area (Å²) in [6.07, 6.45) is 0.490. The first-order chi connectivity index (χ1) is 14.6. The number of ether oxygens (including phenoxy) is 2. The number of benzene rings is 2. The van der Waals surface area contributed by atoms with Crippen LogP contribution in [-0.2, 0) is 16.0 Å². The molecule has 0 radical (unpaired) electrons. The molecule has 0 saturated heterocycles. The molecule has 0 spiro atoms. The summed E-state index contributed by atoms with van der Waals surface area (Å²) in [5, 5.41) is 11.0. The Morgan fingerprint density at radius 3 is 2.67 bits per heavy atom. The number of hydrogen-bond acceptors (Lipinski definition) is 8. The van der Waals surface area contributed by atoms with Crippen molar-refractivity contribution in [1.29, 1.82) is 0 Å². The number of methoxy groups -OCH3 is 1. The van der Waals surface area contributed by atoms with Crippen LogP contribution >= 0.6 is 11.8 Å². The number of thioether (sulfide) groups is 1. The average molecular weight is 427 g/mol. The normalized spacial score (nSPS) is 10.5. The van der Waals surface area contributed by atoms with Crippen LogP contribution in [0.4, 0.5) is 5.69 Å². The average Bonchev–Trinajstić information content (AvgIpc) is 3.20. The summed E-state index contributed by atoms with van der Waals surface area (Å²) >= 11 is 1.14. The number of carbonyl (C=O) groups excluding carboxylic acids is 2. The summed E-state index contributed by atoms with van der Waals surface area (Å²) in [5.41, 5.74) is 1.90. The third kappa shape index (κ3) is 6.08. The van der Waals surface area contributed by atoms with Crippen molar-refractivity contribution in [2.45, 2.75) is 18.6 Å². The van der Waals surface area contributed by atoms with Gasteiger partial charge in [0.2, 0.25) is 11.8 Å². The molecule has 8 nitrogen and oxygen atoms in total. The maximum atomic E-state index is 12.2. The molecule has 0 aliphatic carbocycles. The largest absolute Gasteiger partial charge is 0.497 e. The predicted molar refractivity (Wildman–Crippen MR) is 112 cm³/mol. The minimum atomic E-state index is -0.432.